The number of aliphatic hydroxyl groups excluding tert-OH is 1. The van der Waals surface area contributed by atoms with Gasteiger partial charge in [-0.1, -0.05) is 37.3 Å². The van der Waals surface area contributed by atoms with Gasteiger partial charge in [-0.05, 0) is 38.3 Å². The molecular formula is C33H46N4O5S. The molecule has 4 aliphatic heterocycles. The number of thioether (sulfide) groups is 1. The van der Waals surface area contributed by atoms with Crippen molar-refractivity contribution in [2.45, 2.75) is 54.7 Å². The Morgan fingerprint density at radius 3 is 2.47 bits per heavy atom. The molecule has 6 atom stereocenters. The van der Waals surface area contributed by atoms with Gasteiger partial charge in [0.25, 0.3) is 0 Å². The summed E-state index contributed by atoms with van der Waals surface area (Å²) in [5.74, 6) is -1.67. The lowest BCUT2D eigenvalue weighted by molar-refractivity contribution is -0.146. The Hall–Kier alpha value is -2.66. The van der Waals surface area contributed by atoms with E-state index in [0.717, 1.165) is 25.2 Å². The van der Waals surface area contributed by atoms with Crippen LogP contribution in [0.3, 0.4) is 0 Å². The normalized spacial score (nSPS) is 30.6. The maximum atomic E-state index is 14.7. The van der Waals surface area contributed by atoms with E-state index in [1.165, 1.54) is 0 Å². The number of likely N-dealkylation sites (tertiary alicyclic amines) is 1. The average molecular weight is 611 g/mol. The number of carbonyl (C=O) groups is 3. The van der Waals surface area contributed by atoms with Crippen molar-refractivity contribution in [3.63, 3.8) is 0 Å². The molecule has 2 bridgehead atoms. The second kappa shape index (κ2) is 13.1. The Balaban J connectivity index is 1.52. The highest BCUT2D eigenvalue weighted by atomic mass is 32.2. The summed E-state index contributed by atoms with van der Waals surface area (Å²) in [6.45, 7) is 16.5. The zero-order valence-electron chi connectivity index (χ0n) is 25.5. The second-order valence-electron chi connectivity index (χ2n) is 12.3. The van der Waals surface area contributed by atoms with Crippen molar-refractivity contribution in [2.24, 2.45) is 11.8 Å². The van der Waals surface area contributed by atoms with E-state index in [-0.39, 0.29) is 24.3 Å². The molecule has 1 N–H and O–H groups in total. The van der Waals surface area contributed by atoms with E-state index in [2.05, 4.69) is 25.0 Å². The first kappa shape index (κ1) is 31.8. The van der Waals surface area contributed by atoms with E-state index in [0.29, 0.717) is 52.2 Å². The molecule has 3 amide bonds. The fraction of sp³-hybridized carbons (Fsp3) is 0.606. The molecule has 2 unspecified atom stereocenters. The van der Waals surface area contributed by atoms with Crippen molar-refractivity contribution in [1.29, 1.82) is 0 Å². The van der Waals surface area contributed by atoms with Crippen LogP contribution in [0.1, 0.15) is 33.1 Å². The van der Waals surface area contributed by atoms with Crippen LogP contribution in [0.25, 0.3) is 0 Å². The fourth-order valence-corrected chi connectivity index (χ4v) is 10.1. The summed E-state index contributed by atoms with van der Waals surface area (Å²) < 4.78 is 4.25. The summed E-state index contributed by atoms with van der Waals surface area (Å²) in [4.78, 5) is 51.3. The zero-order valence-corrected chi connectivity index (χ0v) is 26.3. The summed E-state index contributed by atoms with van der Waals surface area (Å²) in [5, 5.41) is 10.4. The minimum absolute atomic E-state index is 0.110. The number of fused-ring (bicyclic) bond motifs is 1. The number of anilines is 1. The highest BCUT2D eigenvalue weighted by Crippen LogP contribution is 2.72. The topological polar surface area (TPSA) is 93.6 Å². The smallest absolute Gasteiger partial charge is 0.247 e. The summed E-state index contributed by atoms with van der Waals surface area (Å²) in [6.07, 6.45) is 5.35. The number of benzene rings is 1. The van der Waals surface area contributed by atoms with Crippen LogP contribution in [-0.4, -0.2) is 118 Å². The molecule has 10 heteroatoms. The molecule has 1 aromatic rings. The maximum Gasteiger partial charge on any atom is 0.247 e. The van der Waals surface area contributed by atoms with Crippen LogP contribution in [0.4, 0.5) is 5.69 Å². The van der Waals surface area contributed by atoms with E-state index in [1.54, 1.807) is 33.7 Å². The molecule has 1 spiro atoms. The van der Waals surface area contributed by atoms with Gasteiger partial charge >= 0.3 is 0 Å². The van der Waals surface area contributed by atoms with Gasteiger partial charge in [0, 0.05) is 49.7 Å². The molecule has 1 aromatic carbocycles. The van der Waals surface area contributed by atoms with Gasteiger partial charge in [-0.25, -0.2) is 0 Å². The third kappa shape index (κ3) is 5.56. The van der Waals surface area contributed by atoms with Crippen molar-refractivity contribution in [3.05, 3.63) is 55.6 Å². The van der Waals surface area contributed by atoms with Crippen LogP contribution >= 0.6 is 11.8 Å². The minimum atomic E-state index is -0.763. The fourth-order valence-electron chi connectivity index (χ4n) is 7.76. The molecule has 0 aromatic heterocycles. The first-order valence-electron chi connectivity index (χ1n) is 15.6. The molecule has 0 saturated carbocycles. The largest absolute Gasteiger partial charge is 0.394 e. The Morgan fingerprint density at radius 2 is 1.84 bits per heavy atom. The van der Waals surface area contributed by atoms with Crippen molar-refractivity contribution in [1.82, 2.24) is 14.7 Å². The van der Waals surface area contributed by atoms with Gasteiger partial charge in [-0.2, -0.15) is 0 Å². The Kier molecular flexibility index (Phi) is 9.70. The minimum Gasteiger partial charge on any atom is -0.394 e. The van der Waals surface area contributed by atoms with Gasteiger partial charge < -0.3 is 24.5 Å². The molecule has 4 heterocycles. The van der Waals surface area contributed by atoms with E-state index in [9.17, 15) is 19.5 Å². The monoisotopic (exact) mass is 610 g/mol. The third-order valence-electron chi connectivity index (χ3n) is 9.89. The number of carbonyl (C=O) groups excluding carboxylic acids is 3. The van der Waals surface area contributed by atoms with Crippen LogP contribution in [0.15, 0.2) is 55.6 Å². The van der Waals surface area contributed by atoms with Crippen LogP contribution in [0, 0.1) is 11.8 Å². The van der Waals surface area contributed by atoms with E-state index in [4.69, 9.17) is 4.74 Å². The van der Waals surface area contributed by atoms with Crippen molar-refractivity contribution < 1.29 is 24.2 Å². The second-order valence-corrected chi connectivity index (χ2v) is 14.2. The highest BCUT2D eigenvalue weighted by Gasteiger charge is 2.78. The molecule has 0 radical (unpaired) electrons. The van der Waals surface area contributed by atoms with Crippen molar-refractivity contribution in [2.75, 3.05) is 64.0 Å². The number of hydrogen-bond donors (Lipinski definition) is 1. The number of nitrogens with zero attached hydrogens (tertiary/aromatic N) is 4. The van der Waals surface area contributed by atoms with E-state index >= 15 is 0 Å². The lowest BCUT2D eigenvalue weighted by atomic mass is 9.66. The zero-order chi connectivity index (χ0) is 30.8. The van der Waals surface area contributed by atoms with Crippen LogP contribution < -0.4 is 4.90 Å². The maximum absolute atomic E-state index is 14.7. The van der Waals surface area contributed by atoms with E-state index < -0.39 is 33.4 Å². The van der Waals surface area contributed by atoms with Gasteiger partial charge in [0.15, 0.2) is 0 Å². The Morgan fingerprint density at radius 1 is 1.14 bits per heavy atom. The Bertz CT molecular complexity index is 1200. The SMILES string of the molecule is C=CCN(CCN1CCOCC1)C(=O)C1N([C@@H](CC)CO)C(=O)[C@@H]2[C@@H](C(=O)N(CC=C)c3ccccc3)[C@@]3(C)CCC12S3. The molecule has 9 nitrogen and oxygen atoms in total. The summed E-state index contributed by atoms with van der Waals surface area (Å²) in [7, 11) is 0. The number of morpholine rings is 1. The lowest BCUT2D eigenvalue weighted by Gasteiger charge is -2.40. The number of ether oxygens (including phenoxy) is 1. The predicted molar refractivity (Wildman–Crippen MR) is 170 cm³/mol. The van der Waals surface area contributed by atoms with Crippen LogP contribution in [0.2, 0.25) is 0 Å². The molecule has 4 saturated heterocycles. The Labute approximate surface area is 259 Å². The third-order valence-corrected chi connectivity index (χ3v) is 11.9. The van der Waals surface area contributed by atoms with Gasteiger partial charge in [0.05, 0.1) is 42.4 Å². The number of rotatable bonds is 13. The predicted octanol–water partition coefficient (Wildman–Crippen LogP) is 2.80. The quantitative estimate of drug-likeness (QED) is 0.344. The van der Waals surface area contributed by atoms with Crippen molar-refractivity contribution in [3.8, 4) is 0 Å². The lowest BCUT2D eigenvalue weighted by Crippen LogP contribution is -2.58. The summed E-state index contributed by atoms with van der Waals surface area (Å²) >= 11 is 1.67. The molecule has 4 aliphatic rings. The number of hydrogen-bond acceptors (Lipinski definition) is 7. The summed E-state index contributed by atoms with van der Waals surface area (Å²) in [6, 6.07) is 8.23. The first-order chi connectivity index (χ1) is 20.8. The van der Waals surface area contributed by atoms with Crippen LogP contribution in [0.5, 0.6) is 0 Å². The number of para-hydroxylation sites is 1. The van der Waals surface area contributed by atoms with Gasteiger partial charge in [-0.15, -0.1) is 24.9 Å². The molecule has 4 fully saturated rings. The molecular weight excluding hydrogens is 564 g/mol. The van der Waals surface area contributed by atoms with Gasteiger partial charge in [-0.3, -0.25) is 19.3 Å². The molecule has 0 aliphatic carbocycles. The van der Waals surface area contributed by atoms with Crippen molar-refractivity contribution >= 4 is 35.2 Å². The number of amides is 3. The standard InChI is InChI=1S/C33H46N4O5S/c1-5-15-35(18-17-34-19-21-42-22-20-34)31(41)28-33-14-13-32(4,43-33)26(27(33)30(40)37(28)24(7-3)23-38)29(39)36(16-6-2)25-11-9-8-10-12-25/h5-6,8-12,24,26-28,38H,1-2,7,13-23H2,3-4H3/t24-,26-,27-,28?,32+,33?/m0/s1. The first-order valence-corrected chi connectivity index (χ1v) is 16.4. The summed E-state index contributed by atoms with van der Waals surface area (Å²) in [5.41, 5.74) is 0.759. The van der Waals surface area contributed by atoms with E-state index in [1.807, 2.05) is 42.2 Å². The molecule has 5 rings (SSSR count). The molecule has 43 heavy (non-hydrogen) atoms. The van der Waals surface area contributed by atoms with Gasteiger partial charge in [0.1, 0.15) is 6.04 Å². The highest BCUT2D eigenvalue weighted by molar-refractivity contribution is 8.02. The molecule has 234 valence electrons. The number of aliphatic hydroxyl groups is 1. The van der Waals surface area contributed by atoms with Gasteiger partial charge in [0.2, 0.25) is 17.7 Å². The van der Waals surface area contributed by atoms with Crippen LogP contribution in [-0.2, 0) is 19.1 Å². The average Bonchev–Trinajstić information content (AvgIpc) is 3.60.